The van der Waals surface area contributed by atoms with Crippen LogP contribution in [-0.4, -0.2) is 29.9 Å². The quantitative estimate of drug-likeness (QED) is 0.715. The summed E-state index contributed by atoms with van der Waals surface area (Å²) in [5.74, 6) is 0. The van der Waals surface area contributed by atoms with Crippen molar-refractivity contribution >= 4 is 33.8 Å². The Morgan fingerprint density at radius 3 is 2.60 bits per heavy atom. The van der Waals surface area contributed by atoms with Crippen LogP contribution < -0.4 is 4.90 Å². The van der Waals surface area contributed by atoms with Gasteiger partial charge in [-0.2, -0.15) is 0 Å². The number of aromatic nitrogens is 2. The normalized spacial score (nSPS) is 11.2. The molecule has 1 aromatic carbocycles. The molecule has 0 bridgehead atoms. The first-order valence-electron chi connectivity index (χ1n) is 6.48. The van der Waals surface area contributed by atoms with Crippen molar-refractivity contribution in [1.82, 2.24) is 9.55 Å². The lowest BCUT2D eigenvalue weighted by molar-refractivity contribution is 0.561. The molecule has 1 radical (unpaired) electrons. The average Bonchev–Trinajstić information content (AvgIpc) is 2.72. The smallest absolute Gasteiger partial charge is 0.253 e. The Morgan fingerprint density at radius 2 is 1.95 bits per heavy atom. The standard InChI is InChI=1S/C16H16N3O/c1-10-16-14(7-11(9-20)17-10)13-8-12(18(2)3)5-6-15(13)19(16)4/h5-8H,1-4H3. The fourth-order valence-corrected chi connectivity index (χ4v) is 2.78. The molecule has 2 heterocycles. The van der Waals surface area contributed by atoms with Gasteiger partial charge in [0.25, 0.3) is 6.29 Å². The molecule has 0 unspecified atom stereocenters. The van der Waals surface area contributed by atoms with Gasteiger partial charge in [0.05, 0.1) is 11.2 Å². The van der Waals surface area contributed by atoms with Crippen LogP contribution in [0.5, 0.6) is 0 Å². The topological polar surface area (TPSA) is 38.1 Å². The maximum atomic E-state index is 10.9. The fourth-order valence-electron chi connectivity index (χ4n) is 2.78. The van der Waals surface area contributed by atoms with Gasteiger partial charge in [0.15, 0.2) is 0 Å². The second kappa shape index (κ2) is 4.34. The third-order valence-corrected chi connectivity index (χ3v) is 3.76. The summed E-state index contributed by atoms with van der Waals surface area (Å²) in [6.45, 7) is 1.93. The number of hydrogen-bond acceptors (Lipinski definition) is 3. The molecule has 0 spiro atoms. The van der Waals surface area contributed by atoms with E-state index in [1.807, 2.05) is 40.4 Å². The van der Waals surface area contributed by atoms with Gasteiger partial charge >= 0.3 is 0 Å². The number of anilines is 1. The summed E-state index contributed by atoms with van der Waals surface area (Å²) in [4.78, 5) is 17.3. The van der Waals surface area contributed by atoms with E-state index in [0.29, 0.717) is 5.69 Å². The highest BCUT2D eigenvalue weighted by Crippen LogP contribution is 2.32. The Bertz CT molecular complexity index is 831. The number of aryl methyl sites for hydroxylation is 2. The van der Waals surface area contributed by atoms with Crippen molar-refractivity contribution in [3.05, 3.63) is 35.7 Å². The van der Waals surface area contributed by atoms with Gasteiger partial charge in [-0.3, -0.25) is 4.79 Å². The van der Waals surface area contributed by atoms with E-state index >= 15 is 0 Å². The highest BCUT2D eigenvalue weighted by Gasteiger charge is 2.13. The number of fused-ring (bicyclic) bond motifs is 3. The van der Waals surface area contributed by atoms with Crippen LogP contribution in [0.4, 0.5) is 5.69 Å². The molecule has 3 aromatic rings. The molecule has 3 rings (SSSR count). The van der Waals surface area contributed by atoms with Gasteiger partial charge in [-0.05, 0) is 31.2 Å². The molecule has 0 aliphatic heterocycles. The number of benzene rings is 1. The predicted octanol–water partition coefficient (Wildman–Crippen LogP) is 2.56. The van der Waals surface area contributed by atoms with Crippen LogP contribution in [0.1, 0.15) is 11.4 Å². The van der Waals surface area contributed by atoms with E-state index in [2.05, 4.69) is 32.7 Å². The van der Waals surface area contributed by atoms with Crippen molar-refractivity contribution in [3.63, 3.8) is 0 Å². The highest BCUT2D eigenvalue weighted by atomic mass is 16.1. The Balaban J connectivity index is 2.49. The van der Waals surface area contributed by atoms with Crippen LogP contribution in [0.15, 0.2) is 24.3 Å². The lowest BCUT2D eigenvalue weighted by atomic mass is 10.1. The van der Waals surface area contributed by atoms with Gasteiger partial charge < -0.3 is 9.47 Å². The summed E-state index contributed by atoms with van der Waals surface area (Å²) in [6, 6.07) is 8.16. The molecule has 0 saturated carbocycles. The van der Waals surface area contributed by atoms with E-state index in [-0.39, 0.29) is 0 Å². The minimum Gasteiger partial charge on any atom is -0.378 e. The number of carbonyl (C=O) groups excluding carboxylic acids is 1. The monoisotopic (exact) mass is 266 g/mol. The highest BCUT2D eigenvalue weighted by molar-refractivity contribution is 6.10. The van der Waals surface area contributed by atoms with Crippen molar-refractivity contribution < 1.29 is 4.79 Å². The van der Waals surface area contributed by atoms with Crippen molar-refractivity contribution in [2.75, 3.05) is 19.0 Å². The van der Waals surface area contributed by atoms with Crippen LogP contribution >= 0.6 is 0 Å². The molecule has 0 amide bonds. The Hall–Kier alpha value is -2.36. The first kappa shape index (κ1) is 12.7. The van der Waals surface area contributed by atoms with Crippen LogP contribution in [0.3, 0.4) is 0 Å². The van der Waals surface area contributed by atoms with Crippen LogP contribution in [0.2, 0.25) is 0 Å². The molecule has 0 aliphatic carbocycles. The summed E-state index contributed by atoms with van der Waals surface area (Å²) in [5, 5.41) is 2.19. The molecular formula is C16H16N3O. The summed E-state index contributed by atoms with van der Waals surface area (Å²) >= 11 is 0. The second-order valence-corrected chi connectivity index (χ2v) is 5.25. The lowest BCUT2D eigenvalue weighted by Gasteiger charge is -2.12. The molecule has 4 heteroatoms. The first-order chi connectivity index (χ1) is 9.52. The molecule has 0 saturated heterocycles. The predicted molar refractivity (Wildman–Crippen MR) is 82.1 cm³/mol. The maximum Gasteiger partial charge on any atom is 0.253 e. The molecule has 101 valence electrons. The van der Waals surface area contributed by atoms with Gasteiger partial charge in [0.1, 0.15) is 5.69 Å². The van der Waals surface area contributed by atoms with Crippen molar-refractivity contribution in [2.24, 2.45) is 7.05 Å². The molecule has 4 nitrogen and oxygen atoms in total. The van der Waals surface area contributed by atoms with Crippen LogP contribution in [-0.2, 0) is 11.8 Å². The van der Waals surface area contributed by atoms with E-state index in [0.717, 1.165) is 33.2 Å². The van der Waals surface area contributed by atoms with Crippen molar-refractivity contribution in [3.8, 4) is 0 Å². The first-order valence-corrected chi connectivity index (χ1v) is 6.48. The zero-order valence-corrected chi connectivity index (χ0v) is 12.1. The minimum atomic E-state index is 0.359. The molecule has 20 heavy (non-hydrogen) atoms. The molecule has 0 N–H and O–H groups in total. The maximum absolute atomic E-state index is 10.9. The SMILES string of the molecule is Cc1nc([C]=O)cc2c3cc(N(C)C)ccc3n(C)c12. The third-order valence-electron chi connectivity index (χ3n) is 3.76. The van der Waals surface area contributed by atoms with Crippen molar-refractivity contribution in [1.29, 1.82) is 0 Å². The van der Waals surface area contributed by atoms with E-state index in [1.165, 1.54) is 0 Å². The van der Waals surface area contributed by atoms with E-state index < -0.39 is 0 Å². The minimum absolute atomic E-state index is 0.359. The van der Waals surface area contributed by atoms with Crippen LogP contribution in [0.25, 0.3) is 21.8 Å². The number of hydrogen-bond donors (Lipinski definition) is 0. The van der Waals surface area contributed by atoms with Crippen molar-refractivity contribution in [2.45, 2.75) is 6.92 Å². The van der Waals surface area contributed by atoms with E-state index in [9.17, 15) is 4.79 Å². The molecule has 0 atom stereocenters. The van der Waals surface area contributed by atoms with Gasteiger partial charge in [-0.15, -0.1) is 0 Å². The summed E-state index contributed by atoms with van der Waals surface area (Å²) < 4.78 is 2.13. The number of rotatable bonds is 2. The Morgan fingerprint density at radius 1 is 1.20 bits per heavy atom. The summed E-state index contributed by atoms with van der Waals surface area (Å²) in [6.07, 6.45) is 1.89. The largest absolute Gasteiger partial charge is 0.378 e. The van der Waals surface area contributed by atoms with E-state index in [1.54, 1.807) is 0 Å². The number of pyridine rings is 1. The molecule has 2 aromatic heterocycles. The van der Waals surface area contributed by atoms with Gasteiger partial charge in [0, 0.05) is 43.1 Å². The molecule has 0 fully saturated rings. The zero-order valence-electron chi connectivity index (χ0n) is 12.1. The number of nitrogens with zero attached hydrogens (tertiary/aromatic N) is 3. The van der Waals surface area contributed by atoms with Gasteiger partial charge in [-0.25, -0.2) is 4.98 Å². The zero-order chi connectivity index (χ0) is 14.4. The Kier molecular flexibility index (Phi) is 2.74. The fraction of sp³-hybridized carbons (Fsp3) is 0.250. The van der Waals surface area contributed by atoms with Crippen LogP contribution in [0, 0.1) is 6.92 Å². The average molecular weight is 266 g/mol. The molecule has 0 aliphatic rings. The third kappa shape index (κ3) is 1.68. The summed E-state index contributed by atoms with van der Waals surface area (Å²) in [7, 11) is 6.06. The van der Waals surface area contributed by atoms with E-state index in [4.69, 9.17) is 0 Å². The summed E-state index contributed by atoms with van der Waals surface area (Å²) in [5.41, 5.74) is 4.55. The van der Waals surface area contributed by atoms with Gasteiger partial charge in [0.2, 0.25) is 0 Å². The second-order valence-electron chi connectivity index (χ2n) is 5.25. The lowest BCUT2D eigenvalue weighted by Crippen LogP contribution is -2.08. The van der Waals surface area contributed by atoms with Gasteiger partial charge in [-0.1, -0.05) is 0 Å². The Labute approximate surface area is 117 Å². The molecular weight excluding hydrogens is 250 g/mol.